The Morgan fingerprint density at radius 1 is 1.47 bits per heavy atom. The molecule has 0 aliphatic rings. The van der Waals surface area contributed by atoms with Gasteiger partial charge in [-0.25, -0.2) is 0 Å². The first-order valence-electron chi connectivity index (χ1n) is 5.43. The number of anilines is 1. The number of halogens is 1. The summed E-state index contributed by atoms with van der Waals surface area (Å²) in [5.41, 5.74) is 2.22. The molecule has 0 heterocycles. The molecule has 0 saturated heterocycles. The molecule has 1 rings (SSSR count). The molecule has 5 heteroatoms. The molecule has 1 aromatic rings. The van der Waals surface area contributed by atoms with Gasteiger partial charge in [-0.05, 0) is 71.2 Å². The first-order valence-corrected chi connectivity index (χ1v) is 8.03. The molecule has 94 valence electrons. The van der Waals surface area contributed by atoms with E-state index < -0.39 is 0 Å². The van der Waals surface area contributed by atoms with Crippen molar-refractivity contribution in [3.63, 3.8) is 0 Å². The predicted octanol–water partition coefficient (Wildman–Crippen LogP) is 3.80. The Morgan fingerprint density at radius 2 is 2.24 bits per heavy atom. The Balaban J connectivity index is 2.40. The summed E-state index contributed by atoms with van der Waals surface area (Å²) in [7, 11) is 0. The van der Waals surface area contributed by atoms with Crippen molar-refractivity contribution in [3.05, 3.63) is 28.2 Å². The van der Waals surface area contributed by atoms with E-state index in [2.05, 4.69) is 51.9 Å². The average Bonchev–Trinajstić information content (AvgIpc) is 2.28. The molecule has 0 aliphatic carbocycles. The van der Waals surface area contributed by atoms with Crippen LogP contribution < -0.4 is 10.6 Å². The van der Waals surface area contributed by atoms with Gasteiger partial charge in [0, 0.05) is 11.0 Å². The lowest BCUT2D eigenvalue weighted by Gasteiger charge is -2.12. The maximum atomic E-state index is 5.23. The normalized spacial score (nSPS) is 10.1. The van der Waals surface area contributed by atoms with Crippen LogP contribution in [0.5, 0.6) is 0 Å². The second-order valence-corrected chi connectivity index (χ2v) is 5.96. The van der Waals surface area contributed by atoms with E-state index in [0.717, 1.165) is 28.9 Å². The van der Waals surface area contributed by atoms with E-state index in [9.17, 15) is 0 Å². The largest absolute Gasteiger partial charge is 0.362 e. The second-order valence-electron chi connectivity index (χ2n) is 3.71. The summed E-state index contributed by atoms with van der Waals surface area (Å²) in [5, 5.41) is 7.05. The molecule has 0 bridgehead atoms. The van der Waals surface area contributed by atoms with E-state index in [1.54, 1.807) is 0 Å². The van der Waals surface area contributed by atoms with E-state index in [0.29, 0.717) is 5.11 Å². The molecular weight excluding hydrogens is 316 g/mol. The zero-order chi connectivity index (χ0) is 12.7. The molecule has 2 N–H and O–H groups in total. The van der Waals surface area contributed by atoms with Gasteiger partial charge < -0.3 is 10.6 Å². The maximum Gasteiger partial charge on any atom is 0.170 e. The number of hydrogen-bond donors (Lipinski definition) is 2. The van der Waals surface area contributed by atoms with E-state index in [1.807, 2.05) is 17.8 Å². The van der Waals surface area contributed by atoms with E-state index in [4.69, 9.17) is 12.2 Å². The number of thiocarbonyl (C=S) groups is 1. The monoisotopic (exact) mass is 332 g/mol. The van der Waals surface area contributed by atoms with Crippen LogP contribution >= 0.6 is 39.9 Å². The van der Waals surface area contributed by atoms with Gasteiger partial charge in [0.2, 0.25) is 0 Å². The van der Waals surface area contributed by atoms with Crippen LogP contribution in [0.3, 0.4) is 0 Å². The van der Waals surface area contributed by atoms with Crippen molar-refractivity contribution in [1.29, 1.82) is 0 Å². The van der Waals surface area contributed by atoms with E-state index in [1.165, 1.54) is 5.56 Å². The highest BCUT2D eigenvalue weighted by Crippen LogP contribution is 2.23. The average molecular weight is 333 g/mol. The molecule has 0 spiro atoms. The zero-order valence-electron chi connectivity index (χ0n) is 10.0. The second kappa shape index (κ2) is 7.95. The number of nitrogens with one attached hydrogen (secondary N) is 2. The van der Waals surface area contributed by atoms with Gasteiger partial charge in [0.1, 0.15) is 0 Å². The maximum absolute atomic E-state index is 5.23. The third-order valence-corrected chi connectivity index (χ3v) is 3.78. The fraction of sp³-hybridized carbons (Fsp3) is 0.417. The van der Waals surface area contributed by atoms with Crippen LogP contribution in [0, 0.1) is 6.92 Å². The third kappa shape index (κ3) is 5.75. The highest BCUT2D eigenvalue weighted by Gasteiger charge is 2.01. The highest BCUT2D eigenvalue weighted by atomic mass is 79.9. The number of thioether (sulfide) groups is 1. The first-order chi connectivity index (χ1) is 8.13. The van der Waals surface area contributed by atoms with Crippen molar-refractivity contribution in [1.82, 2.24) is 5.32 Å². The zero-order valence-corrected chi connectivity index (χ0v) is 13.3. The number of rotatable bonds is 5. The molecule has 0 unspecified atom stereocenters. The summed E-state index contributed by atoms with van der Waals surface area (Å²) < 4.78 is 1.03. The topological polar surface area (TPSA) is 24.1 Å². The minimum Gasteiger partial charge on any atom is -0.362 e. The van der Waals surface area contributed by atoms with Crippen molar-refractivity contribution in [2.75, 3.05) is 23.9 Å². The van der Waals surface area contributed by atoms with Gasteiger partial charge in [-0.3, -0.25) is 0 Å². The highest BCUT2D eigenvalue weighted by molar-refractivity contribution is 9.10. The molecule has 0 radical (unpaired) electrons. The summed E-state index contributed by atoms with van der Waals surface area (Å²) in [6.07, 6.45) is 3.23. The predicted molar refractivity (Wildman–Crippen MR) is 86.1 cm³/mol. The summed E-state index contributed by atoms with van der Waals surface area (Å²) in [4.78, 5) is 0. The SMILES string of the molecule is CSCCCNC(=S)Nc1ccc(C)cc1Br. The van der Waals surface area contributed by atoms with Gasteiger partial charge in [-0.2, -0.15) is 11.8 Å². The smallest absolute Gasteiger partial charge is 0.170 e. The van der Waals surface area contributed by atoms with E-state index in [-0.39, 0.29) is 0 Å². The Labute approximate surface area is 121 Å². The van der Waals surface area contributed by atoms with Crippen molar-refractivity contribution >= 4 is 50.7 Å². The lowest BCUT2D eigenvalue weighted by atomic mass is 10.2. The first kappa shape index (κ1) is 14.8. The fourth-order valence-corrected chi connectivity index (χ4v) is 2.54. The Hall–Kier alpha value is -0.260. The molecular formula is C12H17BrN2S2. The number of benzene rings is 1. The number of hydrogen-bond acceptors (Lipinski definition) is 2. The molecule has 0 fully saturated rings. The van der Waals surface area contributed by atoms with Crippen molar-refractivity contribution in [2.45, 2.75) is 13.3 Å². The summed E-state index contributed by atoms with van der Waals surface area (Å²) >= 11 is 10.6. The molecule has 0 amide bonds. The van der Waals surface area contributed by atoms with Gasteiger partial charge in [-0.15, -0.1) is 0 Å². The Kier molecular flexibility index (Phi) is 6.92. The molecule has 0 aromatic heterocycles. The van der Waals surface area contributed by atoms with Crippen LogP contribution in [0.1, 0.15) is 12.0 Å². The molecule has 0 atom stereocenters. The molecule has 17 heavy (non-hydrogen) atoms. The molecule has 2 nitrogen and oxygen atoms in total. The van der Waals surface area contributed by atoms with Gasteiger partial charge in [0.15, 0.2) is 5.11 Å². The van der Waals surface area contributed by atoms with Crippen LogP contribution in [0.15, 0.2) is 22.7 Å². The van der Waals surface area contributed by atoms with E-state index >= 15 is 0 Å². The van der Waals surface area contributed by atoms with Crippen LogP contribution in [0.25, 0.3) is 0 Å². The van der Waals surface area contributed by atoms with Gasteiger partial charge >= 0.3 is 0 Å². The third-order valence-electron chi connectivity index (χ3n) is 2.18. The van der Waals surface area contributed by atoms with Gasteiger partial charge in [-0.1, -0.05) is 6.07 Å². The number of aryl methyl sites for hydroxylation is 1. The van der Waals surface area contributed by atoms with Crippen LogP contribution in [0.4, 0.5) is 5.69 Å². The quantitative estimate of drug-likeness (QED) is 0.632. The van der Waals surface area contributed by atoms with Crippen LogP contribution in [0.2, 0.25) is 0 Å². The lowest BCUT2D eigenvalue weighted by Crippen LogP contribution is -2.29. The Bertz CT molecular complexity index is 383. The van der Waals surface area contributed by atoms with Crippen LogP contribution in [-0.2, 0) is 0 Å². The van der Waals surface area contributed by atoms with Crippen molar-refractivity contribution in [2.24, 2.45) is 0 Å². The van der Waals surface area contributed by atoms with Gasteiger partial charge in [0.25, 0.3) is 0 Å². The molecule has 1 aromatic carbocycles. The summed E-state index contributed by atoms with van der Waals surface area (Å²) in [6.45, 7) is 2.98. The lowest BCUT2D eigenvalue weighted by molar-refractivity contribution is 0.855. The van der Waals surface area contributed by atoms with Crippen LogP contribution in [-0.4, -0.2) is 23.7 Å². The van der Waals surface area contributed by atoms with Crippen molar-refractivity contribution in [3.8, 4) is 0 Å². The fourth-order valence-electron chi connectivity index (χ4n) is 1.31. The standard InChI is InChI=1S/C12H17BrN2S2/c1-9-4-5-11(10(13)8-9)15-12(16)14-6-3-7-17-2/h4-5,8H,3,6-7H2,1-2H3,(H2,14,15,16). The minimum atomic E-state index is 0.677. The molecule has 0 saturated carbocycles. The molecule has 0 aliphatic heterocycles. The summed E-state index contributed by atoms with van der Waals surface area (Å²) in [5.74, 6) is 1.16. The minimum absolute atomic E-state index is 0.677. The van der Waals surface area contributed by atoms with Crippen molar-refractivity contribution < 1.29 is 0 Å². The summed E-state index contributed by atoms with van der Waals surface area (Å²) in [6, 6.07) is 6.15. The Morgan fingerprint density at radius 3 is 2.88 bits per heavy atom. The van der Waals surface area contributed by atoms with Gasteiger partial charge in [0.05, 0.1) is 5.69 Å².